The summed E-state index contributed by atoms with van der Waals surface area (Å²) < 4.78 is 13.4. The molecule has 3 aromatic heterocycles. The third kappa shape index (κ3) is 3.26. The van der Waals surface area contributed by atoms with Gasteiger partial charge in [-0.15, -0.1) is 11.3 Å². The molecule has 3 heterocycles. The predicted molar refractivity (Wildman–Crippen MR) is 98.9 cm³/mol. The zero-order valence-electron chi connectivity index (χ0n) is 13.8. The smallest absolute Gasteiger partial charge is 0.190 e. The molecule has 0 unspecified atom stereocenters. The van der Waals surface area contributed by atoms with E-state index in [-0.39, 0.29) is 0 Å². The summed E-state index contributed by atoms with van der Waals surface area (Å²) in [5.74, 6) is 0.834. The standard InChI is InChI=1S/C19H17N3O2S/c1-23-10-9-22-16(18-11-14-5-2-3-7-17(14)24-18)13-25-19(22)21-15-6-4-8-20-12-15/h2-8,11-13H,9-10H2,1H3. The normalized spacial score (nSPS) is 12.1. The highest BCUT2D eigenvalue weighted by Gasteiger charge is 2.13. The van der Waals surface area contributed by atoms with E-state index in [0.717, 1.165) is 32.9 Å². The average molecular weight is 351 g/mol. The molecule has 0 aliphatic rings. The molecule has 4 rings (SSSR count). The summed E-state index contributed by atoms with van der Waals surface area (Å²) >= 11 is 1.58. The first-order valence-corrected chi connectivity index (χ1v) is 8.84. The lowest BCUT2D eigenvalue weighted by Crippen LogP contribution is -2.18. The van der Waals surface area contributed by atoms with Crippen LogP contribution in [0.3, 0.4) is 0 Å². The maximum atomic E-state index is 6.03. The van der Waals surface area contributed by atoms with Crippen molar-refractivity contribution in [1.82, 2.24) is 9.55 Å². The summed E-state index contributed by atoms with van der Waals surface area (Å²) in [6.07, 6.45) is 3.49. The first-order valence-electron chi connectivity index (χ1n) is 7.96. The zero-order chi connectivity index (χ0) is 17.1. The number of ether oxygens (including phenoxy) is 1. The van der Waals surface area contributed by atoms with Crippen LogP contribution in [0.15, 0.2) is 69.6 Å². The summed E-state index contributed by atoms with van der Waals surface area (Å²) in [6.45, 7) is 1.30. The minimum absolute atomic E-state index is 0.601. The highest BCUT2D eigenvalue weighted by atomic mass is 32.1. The Morgan fingerprint density at radius 3 is 2.96 bits per heavy atom. The summed E-state index contributed by atoms with van der Waals surface area (Å²) in [5.41, 5.74) is 2.71. The van der Waals surface area contributed by atoms with E-state index in [2.05, 4.69) is 27.1 Å². The molecule has 6 heteroatoms. The number of nitrogens with zero attached hydrogens (tertiary/aromatic N) is 3. The van der Waals surface area contributed by atoms with Crippen molar-refractivity contribution in [2.75, 3.05) is 13.7 Å². The van der Waals surface area contributed by atoms with Gasteiger partial charge in [0.1, 0.15) is 5.58 Å². The van der Waals surface area contributed by atoms with Gasteiger partial charge in [-0.25, -0.2) is 4.99 Å². The fourth-order valence-electron chi connectivity index (χ4n) is 2.65. The van der Waals surface area contributed by atoms with Crippen molar-refractivity contribution in [3.05, 3.63) is 65.0 Å². The lowest BCUT2D eigenvalue weighted by atomic mass is 10.2. The number of rotatable bonds is 5. The van der Waals surface area contributed by atoms with Gasteiger partial charge in [-0.3, -0.25) is 4.98 Å². The van der Waals surface area contributed by atoms with Gasteiger partial charge in [-0.1, -0.05) is 18.2 Å². The van der Waals surface area contributed by atoms with E-state index in [4.69, 9.17) is 14.1 Å². The summed E-state index contributed by atoms with van der Waals surface area (Å²) in [7, 11) is 1.70. The van der Waals surface area contributed by atoms with Crippen molar-refractivity contribution in [3.63, 3.8) is 0 Å². The molecule has 0 aliphatic heterocycles. The Balaban J connectivity index is 1.83. The SMILES string of the molecule is COCCn1c(-c2cc3ccccc3o2)csc1=Nc1cccnc1. The minimum atomic E-state index is 0.601. The van der Waals surface area contributed by atoms with Crippen molar-refractivity contribution >= 4 is 28.0 Å². The zero-order valence-corrected chi connectivity index (χ0v) is 14.6. The molecule has 126 valence electrons. The van der Waals surface area contributed by atoms with Crippen LogP contribution in [0.1, 0.15) is 0 Å². The van der Waals surface area contributed by atoms with Crippen LogP contribution in [-0.4, -0.2) is 23.3 Å². The van der Waals surface area contributed by atoms with Crippen LogP contribution in [0.4, 0.5) is 5.69 Å². The molecule has 0 aliphatic carbocycles. The summed E-state index contributed by atoms with van der Waals surface area (Å²) in [5, 5.41) is 3.16. The van der Waals surface area contributed by atoms with Gasteiger partial charge in [0.2, 0.25) is 0 Å². The molecule has 4 aromatic rings. The number of para-hydroxylation sites is 1. The Labute approximate surface area is 148 Å². The van der Waals surface area contributed by atoms with E-state index in [1.54, 1.807) is 30.8 Å². The molecule has 0 radical (unpaired) electrons. The molecule has 25 heavy (non-hydrogen) atoms. The number of aromatic nitrogens is 2. The third-order valence-electron chi connectivity index (χ3n) is 3.87. The van der Waals surface area contributed by atoms with Crippen molar-refractivity contribution in [2.45, 2.75) is 6.54 Å². The van der Waals surface area contributed by atoms with Crippen LogP contribution in [0.25, 0.3) is 22.4 Å². The highest BCUT2D eigenvalue weighted by Crippen LogP contribution is 2.28. The van der Waals surface area contributed by atoms with Crippen LogP contribution in [0.2, 0.25) is 0 Å². The van der Waals surface area contributed by atoms with E-state index < -0.39 is 0 Å². The van der Waals surface area contributed by atoms with Gasteiger partial charge in [-0.05, 0) is 24.3 Å². The molecule has 0 N–H and O–H groups in total. The molecule has 5 nitrogen and oxygen atoms in total. The van der Waals surface area contributed by atoms with Gasteiger partial charge in [0.25, 0.3) is 0 Å². The van der Waals surface area contributed by atoms with Crippen molar-refractivity contribution in [3.8, 4) is 11.5 Å². The van der Waals surface area contributed by atoms with Crippen LogP contribution < -0.4 is 4.80 Å². The highest BCUT2D eigenvalue weighted by molar-refractivity contribution is 7.07. The fourth-order valence-corrected chi connectivity index (χ4v) is 3.59. The number of methoxy groups -OCH3 is 1. The molecule has 0 fully saturated rings. The number of benzene rings is 1. The predicted octanol–water partition coefficient (Wildman–Crippen LogP) is 4.24. The lowest BCUT2D eigenvalue weighted by Gasteiger charge is -2.06. The second-order valence-electron chi connectivity index (χ2n) is 5.52. The van der Waals surface area contributed by atoms with Gasteiger partial charge in [0, 0.05) is 30.6 Å². The van der Waals surface area contributed by atoms with E-state index in [9.17, 15) is 0 Å². The summed E-state index contributed by atoms with van der Waals surface area (Å²) in [4.78, 5) is 9.73. The summed E-state index contributed by atoms with van der Waals surface area (Å²) in [6, 6.07) is 13.9. The van der Waals surface area contributed by atoms with E-state index in [1.165, 1.54) is 0 Å². The molecule has 0 amide bonds. The second kappa shape index (κ2) is 7.04. The van der Waals surface area contributed by atoms with Crippen LogP contribution in [0.5, 0.6) is 0 Å². The lowest BCUT2D eigenvalue weighted by molar-refractivity contribution is 0.187. The van der Waals surface area contributed by atoms with Gasteiger partial charge in [0.05, 0.1) is 24.2 Å². The Morgan fingerprint density at radius 2 is 2.16 bits per heavy atom. The maximum absolute atomic E-state index is 6.03. The molecule has 1 aromatic carbocycles. The maximum Gasteiger partial charge on any atom is 0.190 e. The van der Waals surface area contributed by atoms with Gasteiger partial charge in [0.15, 0.2) is 10.6 Å². The minimum Gasteiger partial charge on any atom is -0.454 e. The van der Waals surface area contributed by atoms with Crippen LogP contribution in [0, 0.1) is 0 Å². The number of pyridine rings is 1. The quantitative estimate of drug-likeness (QED) is 0.540. The van der Waals surface area contributed by atoms with Crippen molar-refractivity contribution in [1.29, 1.82) is 0 Å². The number of hydrogen-bond donors (Lipinski definition) is 0. The largest absolute Gasteiger partial charge is 0.454 e. The molecule has 0 spiro atoms. The van der Waals surface area contributed by atoms with E-state index in [1.807, 2.05) is 30.3 Å². The molecule has 0 atom stereocenters. The van der Waals surface area contributed by atoms with Gasteiger partial charge in [-0.2, -0.15) is 0 Å². The van der Waals surface area contributed by atoms with Crippen molar-refractivity contribution in [2.24, 2.45) is 4.99 Å². The fraction of sp³-hybridized carbons (Fsp3) is 0.158. The molecule has 0 saturated heterocycles. The van der Waals surface area contributed by atoms with Crippen LogP contribution >= 0.6 is 11.3 Å². The molecular formula is C19H17N3O2S. The molecule has 0 bridgehead atoms. The Hall–Kier alpha value is -2.70. The number of furan rings is 1. The Kier molecular flexibility index (Phi) is 4.45. The topological polar surface area (TPSA) is 52.5 Å². The number of hydrogen-bond acceptors (Lipinski definition) is 5. The average Bonchev–Trinajstić information content (AvgIpc) is 3.24. The first kappa shape index (κ1) is 15.8. The monoisotopic (exact) mass is 351 g/mol. The van der Waals surface area contributed by atoms with Gasteiger partial charge >= 0.3 is 0 Å². The Bertz CT molecular complexity index is 1010. The number of thiazole rings is 1. The van der Waals surface area contributed by atoms with Gasteiger partial charge < -0.3 is 13.7 Å². The molecule has 0 saturated carbocycles. The third-order valence-corrected chi connectivity index (χ3v) is 4.73. The van der Waals surface area contributed by atoms with E-state index >= 15 is 0 Å². The van der Waals surface area contributed by atoms with Crippen LogP contribution in [-0.2, 0) is 11.3 Å². The first-order chi connectivity index (χ1) is 12.3. The van der Waals surface area contributed by atoms with E-state index in [0.29, 0.717) is 13.2 Å². The second-order valence-corrected chi connectivity index (χ2v) is 6.36. The number of fused-ring (bicyclic) bond motifs is 1. The van der Waals surface area contributed by atoms with Crippen molar-refractivity contribution < 1.29 is 9.15 Å². The Morgan fingerprint density at radius 1 is 1.24 bits per heavy atom. The molecular weight excluding hydrogens is 334 g/mol.